The molecule has 0 spiro atoms. The van der Waals surface area contributed by atoms with Gasteiger partial charge in [-0.2, -0.15) is 13.2 Å². The predicted octanol–water partition coefficient (Wildman–Crippen LogP) is -0.590. The molecule has 1 aromatic heterocycles. The molecule has 0 aliphatic heterocycles. The molecule has 1 atom stereocenters. The smallest absolute Gasteiger partial charge is 0.471 e. The van der Waals surface area contributed by atoms with E-state index in [4.69, 9.17) is 5.11 Å². The van der Waals surface area contributed by atoms with Gasteiger partial charge >= 0.3 is 18.1 Å². The zero-order valence-electron chi connectivity index (χ0n) is 8.18. The second-order valence-electron chi connectivity index (χ2n) is 2.99. The largest absolute Gasteiger partial charge is 0.480 e. The van der Waals surface area contributed by atoms with Crippen LogP contribution in [-0.4, -0.2) is 44.2 Å². The summed E-state index contributed by atoms with van der Waals surface area (Å²) >= 11 is 0. The number of carboxylic acids is 1. The van der Waals surface area contributed by atoms with E-state index in [0.29, 0.717) is 0 Å². The van der Waals surface area contributed by atoms with Crippen molar-refractivity contribution in [2.45, 2.75) is 18.8 Å². The summed E-state index contributed by atoms with van der Waals surface area (Å²) in [7, 11) is 0. The Morgan fingerprint density at radius 1 is 1.47 bits per heavy atom. The number of aliphatic carboxylic acids is 1. The first-order valence-electron chi connectivity index (χ1n) is 4.25. The molecule has 17 heavy (non-hydrogen) atoms. The van der Waals surface area contributed by atoms with E-state index in [9.17, 15) is 22.8 Å². The van der Waals surface area contributed by atoms with Crippen LogP contribution in [0.4, 0.5) is 13.2 Å². The highest BCUT2D eigenvalue weighted by Crippen LogP contribution is 2.14. The van der Waals surface area contributed by atoms with E-state index in [1.54, 1.807) is 0 Å². The maximum Gasteiger partial charge on any atom is 0.471 e. The molecule has 94 valence electrons. The fourth-order valence-electron chi connectivity index (χ4n) is 0.943. The van der Waals surface area contributed by atoms with Crippen molar-refractivity contribution in [3.8, 4) is 0 Å². The molecule has 0 aliphatic carbocycles. The van der Waals surface area contributed by atoms with Crippen LogP contribution in [0.25, 0.3) is 0 Å². The molecular formula is C7H7F3N4O3. The lowest BCUT2D eigenvalue weighted by molar-refractivity contribution is -0.175. The minimum atomic E-state index is -5.13. The van der Waals surface area contributed by atoms with Gasteiger partial charge in [0.2, 0.25) is 0 Å². The molecule has 2 N–H and O–H groups in total. The number of carbonyl (C=O) groups excluding carboxylic acids is 1. The lowest BCUT2D eigenvalue weighted by Gasteiger charge is -2.15. The van der Waals surface area contributed by atoms with Crippen LogP contribution in [0.1, 0.15) is 0 Å². The SMILES string of the molecule is O=C(O)[C@H](Cn1ccnn1)NC(=O)C(F)(F)F. The number of nitrogens with zero attached hydrogens (tertiary/aromatic N) is 3. The van der Waals surface area contributed by atoms with Crippen molar-refractivity contribution in [2.24, 2.45) is 0 Å². The molecule has 1 rings (SSSR count). The van der Waals surface area contributed by atoms with Gasteiger partial charge in [-0.1, -0.05) is 5.21 Å². The third-order valence-corrected chi connectivity index (χ3v) is 1.70. The average molecular weight is 252 g/mol. The lowest BCUT2D eigenvalue weighted by atomic mass is 10.3. The highest BCUT2D eigenvalue weighted by atomic mass is 19.4. The molecule has 1 amide bonds. The van der Waals surface area contributed by atoms with Gasteiger partial charge in [0.25, 0.3) is 0 Å². The van der Waals surface area contributed by atoms with Crippen LogP contribution < -0.4 is 5.32 Å². The van der Waals surface area contributed by atoms with Gasteiger partial charge < -0.3 is 10.4 Å². The summed E-state index contributed by atoms with van der Waals surface area (Å²) in [6, 6.07) is -1.73. The van der Waals surface area contributed by atoms with Crippen molar-refractivity contribution in [3.05, 3.63) is 12.4 Å². The Labute approximate surface area is 92.2 Å². The number of rotatable bonds is 4. The molecule has 0 saturated carbocycles. The number of alkyl halides is 3. The summed E-state index contributed by atoms with van der Waals surface area (Å²) in [6.07, 6.45) is -2.64. The molecule has 1 aromatic rings. The van der Waals surface area contributed by atoms with E-state index < -0.39 is 30.6 Å². The number of hydrogen-bond donors (Lipinski definition) is 2. The monoisotopic (exact) mass is 252 g/mol. The van der Waals surface area contributed by atoms with Crippen molar-refractivity contribution in [3.63, 3.8) is 0 Å². The van der Waals surface area contributed by atoms with E-state index in [2.05, 4.69) is 10.3 Å². The number of carboxylic acid groups (broad SMARTS) is 1. The van der Waals surface area contributed by atoms with E-state index in [-0.39, 0.29) is 0 Å². The average Bonchev–Trinajstić information content (AvgIpc) is 2.67. The van der Waals surface area contributed by atoms with Crippen molar-refractivity contribution in [1.82, 2.24) is 20.3 Å². The summed E-state index contributed by atoms with van der Waals surface area (Å²) in [4.78, 5) is 21.2. The van der Waals surface area contributed by atoms with Crippen molar-refractivity contribution in [1.29, 1.82) is 0 Å². The fourth-order valence-corrected chi connectivity index (χ4v) is 0.943. The maximum atomic E-state index is 11.9. The summed E-state index contributed by atoms with van der Waals surface area (Å²) in [5.74, 6) is -3.91. The molecule has 7 nitrogen and oxygen atoms in total. The number of halogens is 3. The molecule has 10 heteroatoms. The molecule has 0 aromatic carbocycles. The van der Waals surface area contributed by atoms with Gasteiger partial charge in [0.15, 0.2) is 0 Å². The third kappa shape index (κ3) is 3.74. The maximum absolute atomic E-state index is 11.9. The summed E-state index contributed by atoms with van der Waals surface area (Å²) < 4.78 is 36.7. The molecule has 0 unspecified atom stereocenters. The number of hydrogen-bond acceptors (Lipinski definition) is 4. The van der Waals surface area contributed by atoms with Crippen LogP contribution in [0.5, 0.6) is 0 Å². The quantitative estimate of drug-likeness (QED) is 0.746. The fraction of sp³-hybridized carbons (Fsp3) is 0.429. The second kappa shape index (κ2) is 4.80. The minimum Gasteiger partial charge on any atom is -0.480 e. The van der Waals surface area contributed by atoms with Crippen LogP contribution >= 0.6 is 0 Å². The van der Waals surface area contributed by atoms with Crippen LogP contribution in [0, 0.1) is 0 Å². The van der Waals surface area contributed by atoms with Crippen LogP contribution in [-0.2, 0) is 16.1 Å². The molecule has 1 heterocycles. The van der Waals surface area contributed by atoms with Gasteiger partial charge in [0, 0.05) is 6.20 Å². The van der Waals surface area contributed by atoms with Crippen molar-refractivity contribution in [2.75, 3.05) is 0 Å². The Morgan fingerprint density at radius 3 is 2.53 bits per heavy atom. The van der Waals surface area contributed by atoms with Gasteiger partial charge in [-0.25, -0.2) is 9.48 Å². The highest BCUT2D eigenvalue weighted by Gasteiger charge is 2.40. The first-order chi connectivity index (χ1) is 7.80. The number of amides is 1. The minimum absolute atomic E-state index is 0.447. The van der Waals surface area contributed by atoms with Crippen LogP contribution in [0.2, 0.25) is 0 Å². The molecular weight excluding hydrogens is 245 g/mol. The van der Waals surface area contributed by atoms with Crippen molar-refractivity contribution < 1.29 is 27.9 Å². The zero-order valence-corrected chi connectivity index (χ0v) is 8.18. The van der Waals surface area contributed by atoms with Crippen molar-refractivity contribution >= 4 is 11.9 Å². The Kier molecular flexibility index (Phi) is 3.66. The topological polar surface area (TPSA) is 97.1 Å². The van der Waals surface area contributed by atoms with Gasteiger partial charge in [0.05, 0.1) is 12.7 Å². The van der Waals surface area contributed by atoms with Crippen LogP contribution in [0.3, 0.4) is 0 Å². The Bertz CT molecular complexity index is 403. The summed E-state index contributed by atoms with van der Waals surface area (Å²) in [5, 5.41) is 16.7. The number of carbonyl (C=O) groups is 2. The Morgan fingerprint density at radius 2 is 2.12 bits per heavy atom. The summed E-state index contributed by atoms with van der Waals surface area (Å²) in [5.41, 5.74) is 0. The van der Waals surface area contributed by atoms with E-state index in [1.807, 2.05) is 0 Å². The van der Waals surface area contributed by atoms with Gasteiger partial charge in [-0.05, 0) is 0 Å². The summed E-state index contributed by atoms with van der Waals surface area (Å²) in [6.45, 7) is -0.447. The first-order valence-corrected chi connectivity index (χ1v) is 4.25. The second-order valence-corrected chi connectivity index (χ2v) is 2.99. The Hall–Kier alpha value is -2.13. The van der Waals surface area contributed by atoms with E-state index >= 15 is 0 Å². The van der Waals surface area contributed by atoms with E-state index in [1.165, 1.54) is 17.7 Å². The number of nitrogens with one attached hydrogen (secondary N) is 1. The van der Waals surface area contributed by atoms with Gasteiger partial charge in [0.1, 0.15) is 6.04 Å². The molecule has 0 aliphatic rings. The Balaban J connectivity index is 2.68. The van der Waals surface area contributed by atoms with Gasteiger partial charge in [-0.3, -0.25) is 4.79 Å². The molecule has 0 saturated heterocycles. The highest BCUT2D eigenvalue weighted by molar-refractivity contribution is 5.86. The normalized spacial score (nSPS) is 13.1. The standard InChI is InChI=1S/C7H7F3N4O3/c8-7(9,10)6(17)12-4(5(15)16)3-14-2-1-11-13-14/h1-2,4H,3H2,(H,12,17)(H,15,16)/t4-/m0/s1. The lowest BCUT2D eigenvalue weighted by Crippen LogP contribution is -2.48. The molecule has 0 radical (unpaired) electrons. The zero-order chi connectivity index (χ0) is 13.1. The molecule has 0 bridgehead atoms. The predicted molar refractivity (Wildman–Crippen MR) is 45.6 cm³/mol. The van der Waals surface area contributed by atoms with Crippen LogP contribution in [0.15, 0.2) is 12.4 Å². The van der Waals surface area contributed by atoms with E-state index in [0.717, 1.165) is 4.68 Å². The number of aromatic nitrogens is 3. The van der Waals surface area contributed by atoms with Gasteiger partial charge in [-0.15, -0.1) is 5.10 Å². The molecule has 0 fully saturated rings. The first kappa shape index (κ1) is 12.9. The third-order valence-electron chi connectivity index (χ3n) is 1.70.